The van der Waals surface area contributed by atoms with E-state index in [9.17, 15) is 18.0 Å². The Kier molecular flexibility index (Phi) is 9.55. The van der Waals surface area contributed by atoms with E-state index in [0.717, 1.165) is 16.1 Å². The number of ether oxygens (including phenoxy) is 1. The van der Waals surface area contributed by atoms with Gasteiger partial charge in [0.05, 0.1) is 24.1 Å². The van der Waals surface area contributed by atoms with Gasteiger partial charge in [-0.15, -0.1) is 0 Å². The van der Waals surface area contributed by atoms with E-state index in [2.05, 4.69) is 5.32 Å². The number of anilines is 1. The molecule has 0 saturated heterocycles. The molecule has 0 aliphatic carbocycles. The molecule has 0 aliphatic heterocycles. The van der Waals surface area contributed by atoms with E-state index in [4.69, 9.17) is 16.3 Å². The second-order valence-corrected chi connectivity index (χ2v) is 9.73. The predicted molar refractivity (Wildman–Crippen MR) is 130 cm³/mol. The van der Waals surface area contributed by atoms with Crippen LogP contribution in [0.15, 0.2) is 48.5 Å². The minimum absolute atomic E-state index is 0.163. The maximum absolute atomic E-state index is 13.5. The number of hydrogen-bond donors (Lipinski definition) is 1. The van der Waals surface area contributed by atoms with Gasteiger partial charge in [0, 0.05) is 13.1 Å². The summed E-state index contributed by atoms with van der Waals surface area (Å²) in [6, 6.07) is 13.0. The molecule has 8 nitrogen and oxygen atoms in total. The van der Waals surface area contributed by atoms with Gasteiger partial charge >= 0.3 is 0 Å². The SMILES string of the molecule is CCNC(=O)C(CC)N(Cc1ccccc1)C(=O)CN(c1ccc(OC)c(Cl)c1)S(C)(=O)=O. The number of carbonyl (C=O) groups is 2. The first kappa shape index (κ1) is 26.5. The van der Waals surface area contributed by atoms with Gasteiger partial charge in [-0.3, -0.25) is 13.9 Å². The highest BCUT2D eigenvalue weighted by atomic mass is 35.5. The molecule has 0 saturated carbocycles. The van der Waals surface area contributed by atoms with Crippen LogP contribution < -0.4 is 14.4 Å². The minimum atomic E-state index is -3.83. The smallest absolute Gasteiger partial charge is 0.244 e. The van der Waals surface area contributed by atoms with Crippen molar-refractivity contribution >= 4 is 39.1 Å². The molecule has 1 atom stereocenters. The lowest BCUT2D eigenvalue weighted by atomic mass is 10.1. The Bertz CT molecular complexity index is 1060. The zero-order chi connectivity index (χ0) is 24.6. The predicted octanol–water partition coefficient (Wildman–Crippen LogP) is 3.06. The van der Waals surface area contributed by atoms with Crippen LogP contribution in [0.1, 0.15) is 25.8 Å². The summed E-state index contributed by atoms with van der Waals surface area (Å²) in [6.07, 6.45) is 1.39. The first-order chi connectivity index (χ1) is 15.6. The third kappa shape index (κ3) is 7.10. The number of hydrogen-bond acceptors (Lipinski definition) is 5. The van der Waals surface area contributed by atoms with Crippen LogP contribution in [0.3, 0.4) is 0 Å². The fourth-order valence-electron chi connectivity index (χ4n) is 3.42. The topological polar surface area (TPSA) is 96.0 Å². The first-order valence-electron chi connectivity index (χ1n) is 10.5. The summed E-state index contributed by atoms with van der Waals surface area (Å²) < 4.78 is 31.3. The number of amides is 2. The van der Waals surface area contributed by atoms with Crippen molar-refractivity contribution in [3.05, 3.63) is 59.1 Å². The Hall–Kier alpha value is -2.78. The van der Waals surface area contributed by atoms with Crippen molar-refractivity contribution in [1.82, 2.24) is 10.2 Å². The minimum Gasteiger partial charge on any atom is -0.495 e. The van der Waals surface area contributed by atoms with E-state index in [1.807, 2.05) is 37.3 Å². The van der Waals surface area contributed by atoms with Crippen molar-refractivity contribution in [3.8, 4) is 5.75 Å². The number of rotatable bonds is 11. The average Bonchev–Trinajstić information content (AvgIpc) is 2.77. The molecule has 2 aromatic rings. The van der Waals surface area contributed by atoms with Crippen LogP contribution in [-0.4, -0.2) is 57.6 Å². The number of nitrogens with one attached hydrogen (secondary N) is 1. The maximum Gasteiger partial charge on any atom is 0.244 e. The van der Waals surface area contributed by atoms with E-state index >= 15 is 0 Å². The average molecular weight is 496 g/mol. The molecular formula is C23H30ClN3O5S. The molecule has 0 fully saturated rings. The first-order valence-corrected chi connectivity index (χ1v) is 12.8. The van der Waals surface area contributed by atoms with Gasteiger partial charge in [-0.2, -0.15) is 0 Å². The van der Waals surface area contributed by atoms with E-state index in [0.29, 0.717) is 18.7 Å². The number of carbonyl (C=O) groups excluding carboxylic acids is 2. The lowest BCUT2D eigenvalue weighted by molar-refractivity contribution is -0.140. The van der Waals surface area contributed by atoms with E-state index < -0.39 is 28.5 Å². The zero-order valence-corrected chi connectivity index (χ0v) is 20.8. The summed E-state index contributed by atoms with van der Waals surface area (Å²) in [6.45, 7) is 3.71. The van der Waals surface area contributed by atoms with Crippen molar-refractivity contribution in [2.45, 2.75) is 32.9 Å². The summed E-state index contributed by atoms with van der Waals surface area (Å²) >= 11 is 6.18. The maximum atomic E-state index is 13.5. The molecule has 33 heavy (non-hydrogen) atoms. The largest absolute Gasteiger partial charge is 0.495 e. The zero-order valence-electron chi connectivity index (χ0n) is 19.2. The lowest BCUT2D eigenvalue weighted by Gasteiger charge is -2.32. The van der Waals surface area contributed by atoms with Gasteiger partial charge in [0.2, 0.25) is 21.8 Å². The van der Waals surface area contributed by atoms with Gasteiger partial charge < -0.3 is 15.0 Å². The number of methoxy groups -OCH3 is 1. The van der Waals surface area contributed by atoms with Crippen LogP contribution in [0.5, 0.6) is 5.75 Å². The van der Waals surface area contributed by atoms with Gasteiger partial charge in [0.25, 0.3) is 0 Å². The van der Waals surface area contributed by atoms with Crippen molar-refractivity contribution in [3.63, 3.8) is 0 Å². The van der Waals surface area contributed by atoms with Crippen LogP contribution >= 0.6 is 11.6 Å². The Balaban J connectivity index is 2.43. The lowest BCUT2D eigenvalue weighted by Crippen LogP contribution is -2.52. The molecule has 2 aromatic carbocycles. The third-order valence-electron chi connectivity index (χ3n) is 5.04. The van der Waals surface area contributed by atoms with Crippen LogP contribution in [-0.2, 0) is 26.2 Å². The van der Waals surface area contributed by atoms with E-state index in [-0.39, 0.29) is 23.2 Å². The number of likely N-dealkylation sites (N-methyl/N-ethyl adjacent to an activating group) is 1. The summed E-state index contributed by atoms with van der Waals surface area (Å²) in [5.41, 5.74) is 1.05. The summed E-state index contributed by atoms with van der Waals surface area (Å²) in [5, 5.41) is 2.97. The van der Waals surface area contributed by atoms with Gasteiger partial charge in [-0.25, -0.2) is 8.42 Å². The molecule has 1 unspecified atom stereocenters. The molecule has 1 N–H and O–H groups in total. The Morgan fingerprint density at radius 3 is 2.30 bits per heavy atom. The molecule has 0 aromatic heterocycles. The molecule has 0 spiro atoms. The van der Waals surface area contributed by atoms with Gasteiger partial charge in [0.1, 0.15) is 18.3 Å². The number of sulfonamides is 1. The molecular weight excluding hydrogens is 466 g/mol. The van der Waals surface area contributed by atoms with Crippen LogP contribution in [0.25, 0.3) is 0 Å². The summed E-state index contributed by atoms with van der Waals surface area (Å²) in [4.78, 5) is 27.6. The number of benzene rings is 2. The van der Waals surface area contributed by atoms with Crippen molar-refractivity contribution < 1.29 is 22.7 Å². The Morgan fingerprint density at radius 2 is 1.79 bits per heavy atom. The Morgan fingerprint density at radius 1 is 1.12 bits per heavy atom. The molecule has 180 valence electrons. The quantitative estimate of drug-likeness (QED) is 0.517. The second-order valence-electron chi connectivity index (χ2n) is 7.41. The molecule has 10 heteroatoms. The van der Waals surface area contributed by atoms with Crippen molar-refractivity contribution in [1.29, 1.82) is 0 Å². The van der Waals surface area contributed by atoms with E-state index in [1.54, 1.807) is 6.92 Å². The van der Waals surface area contributed by atoms with Crippen LogP contribution in [0.2, 0.25) is 5.02 Å². The highest BCUT2D eigenvalue weighted by Gasteiger charge is 2.31. The standard InChI is InChI=1S/C23H30ClN3O5S/c1-5-20(23(29)25-6-2)26(15-17-10-8-7-9-11-17)22(28)16-27(33(4,30)31)18-12-13-21(32-3)19(24)14-18/h7-14,20H,5-6,15-16H2,1-4H3,(H,25,29). The highest BCUT2D eigenvalue weighted by Crippen LogP contribution is 2.30. The van der Waals surface area contributed by atoms with Gasteiger partial charge in [-0.1, -0.05) is 48.9 Å². The number of halogens is 1. The summed E-state index contributed by atoms with van der Waals surface area (Å²) in [5.74, 6) is -0.412. The normalized spacial score (nSPS) is 12.0. The third-order valence-corrected chi connectivity index (χ3v) is 6.47. The van der Waals surface area contributed by atoms with Crippen LogP contribution in [0, 0.1) is 0 Å². The molecule has 0 aliphatic rings. The monoisotopic (exact) mass is 495 g/mol. The van der Waals surface area contributed by atoms with Crippen LogP contribution in [0.4, 0.5) is 5.69 Å². The Labute approximate surface area is 200 Å². The molecule has 0 bridgehead atoms. The van der Waals surface area contributed by atoms with Crippen molar-refractivity contribution in [2.75, 3.05) is 30.8 Å². The second kappa shape index (κ2) is 11.9. The highest BCUT2D eigenvalue weighted by molar-refractivity contribution is 7.92. The number of nitrogens with zero attached hydrogens (tertiary/aromatic N) is 2. The molecule has 0 radical (unpaired) electrons. The van der Waals surface area contributed by atoms with Crippen molar-refractivity contribution in [2.24, 2.45) is 0 Å². The fraction of sp³-hybridized carbons (Fsp3) is 0.391. The summed E-state index contributed by atoms with van der Waals surface area (Å²) in [7, 11) is -2.38. The molecule has 2 amide bonds. The van der Waals surface area contributed by atoms with Gasteiger partial charge in [0.15, 0.2) is 0 Å². The fourth-order valence-corrected chi connectivity index (χ4v) is 4.51. The molecule has 2 rings (SSSR count). The molecule has 0 heterocycles. The van der Waals surface area contributed by atoms with E-state index in [1.165, 1.54) is 30.2 Å². The van der Waals surface area contributed by atoms with Gasteiger partial charge in [-0.05, 0) is 37.1 Å².